The third kappa shape index (κ3) is 4.43. The van der Waals surface area contributed by atoms with E-state index < -0.39 is 0 Å². The van der Waals surface area contributed by atoms with Gasteiger partial charge in [0.15, 0.2) is 0 Å². The number of nitrogens with one attached hydrogen (secondary N) is 2. The SMILES string of the molecule is CCCNC(=O)C(C)NCc1ccc(-n2ccnc2)cc1. The highest BCUT2D eigenvalue weighted by Gasteiger charge is 2.10. The van der Waals surface area contributed by atoms with E-state index in [1.54, 1.807) is 12.5 Å². The van der Waals surface area contributed by atoms with Crippen LogP contribution in [0.4, 0.5) is 0 Å². The van der Waals surface area contributed by atoms with Crippen molar-refractivity contribution in [2.45, 2.75) is 32.9 Å². The minimum atomic E-state index is -0.190. The van der Waals surface area contributed by atoms with Crippen molar-refractivity contribution in [2.75, 3.05) is 6.54 Å². The molecule has 2 aromatic rings. The zero-order valence-corrected chi connectivity index (χ0v) is 12.5. The molecule has 5 heteroatoms. The van der Waals surface area contributed by atoms with Crippen molar-refractivity contribution in [3.63, 3.8) is 0 Å². The molecule has 0 aliphatic rings. The number of amides is 1. The summed E-state index contributed by atoms with van der Waals surface area (Å²) in [5.74, 6) is 0.0480. The van der Waals surface area contributed by atoms with Gasteiger partial charge < -0.3 is 15.2 Å². The van der Waals surface area contributed by atoms with Crippen molar-refractivity contribution in [3.05, 3.63) is 48.5 Å². The molecule has 2 rings (SSSR count). The number of rotatable bonds is 7. The van der Waals surface area contributed by atoms with Crippen LogP contribution in [0.1, 0.15) is 25.8 Å². The summed E-state index contributed by atoms with van der Waals surface area (Å²) in [6, 6.07) is 8.00. The van der Waals surface area contributed by atoms with Gasteiger partial charge in [0.1, 0.15) is 0 Å². The lowest BCUT2D eigenvalue weighted by Gasteiger charge is -2.14. The normalized spacial score (nSPS) is 12.1. The molecule has 0 spiro atoms. The fraction of sp³-hybridized carbons (Fsp3) is 0.375. The molecule has 0 radical (unpaired) electrons. The molecule has 1 aromatic carbocycles. The number of hydrogen-bond donors (Lipinski definition) is 2. The molecule has 1 amide bonds. The summed E-state index contributed by atoms with van der Waals surface area (Å²) in [6.45, 7) is 5.32. The fourth-order valence-electron chi connectivity index (χ4n) is 1.96. The number of hydrogen-bond acceptors (Lipinski definition) is 3. The van der Waals surface area contributed by atoms with Gasteiger partial charge in [-0.15, -0.1) is 0 Å². The van der Waals surface area contributed by atoms with Crippen LogP contribution >= 0.6 is 0 Å². The molecule has 21 heavy (non-hydrogen) atoms. The molecule has 0 aliphatic heterocycles. The van der Waals surface area contributed by atoms with E-state index >= 15 is 0 Å². The summed E-state index contributed by atoms with van der Waals surface area (Å²) in [5, 5.41) is 6.11. The predicted molar refractivity (Wildman–Crippen MR) is 83.2 cm³/mol. The first-order chi connectivity index (χ1) is 10.2. The Labute approximate surface area is 125 Å². The van der Waals surface area contributed by atoms with E-state index in [2.05, 4.69) is 27.8 Å². The average Bonchev–Trinajstić information content (AvgIpc) is 3.05. The second-order valence-corrected chi connectivity index (χ2v) is 5.03. The molecule has 1 unspecified atom stereocenters. The molecule has 1 aromatic heterocycles. The van der Waals surface area contributed by atoms with Gasteiger partial charge in [0.05, 0.1) is 12.4 Å². The second kappa shape index (κ2) is 7.59. The quantitative estimate of drug-likeness (QED) is 0.817. The van der Waals surface area contributed by atoms with E-state index in [1.807, 2.05) is 36.7 Å². The highest BCUT2D eigenvalue weighted by molar-refractivity contribution is 5.81. The van der Waals surface area contributed by atoms with Crippen molar-refractivity contribution in [2.24, 2.45) is 0 Å². The van der Waals surface area contributed by atoms with Gasteiger partial charge in [-0.3, -0.25) is 4.79 Å². The number of imidazole rings is 1. The lowest BCUT2D eigenvalue weighted by atomic mass is 10.2. The molecule has 0 saturated heterocycles. The minimum Gasteiger partial charge on any atom is -0.355 e. The summed E-state index contributed by atoms with van der Waals surface area (Å²) in [5.41, 5.74) is 2.22. The standard InChI is InChI=1S/C16H22N4O/c1-3-8-18-16(21)13(2)19-11-14-4-6-15(7-5-14)20-10-9-17-12-20/h4-7,9-10,12-13,19H,3,8,11H2,1-2H3,(H,18,21). The molecule has 0 saturated carbocycles. The average molecular weight is 286 g/mol. The zero-order valence-electron chi connectivity index (χ0n) is 12.5. The van der Waals surface area contributed by atoms with E-state index in [4.69, 9.17) is 0 Å². The third-order valence-electron chi connectivity index (χ3n) is 3.29. The predicted octanol–water partition coefficient (Wildman–Crippen LogP) is 1.88. The van der Waals surface area contributed by atoms with Crippen molar-refractivity contribution in [1.29, 1.82) is 0 Å². The molecule has 0 bridgehead atoms. The van der Waals surface area contributed by atoms with Crippen LogP contribution in [0.25, 0.3) is 5.69 Å². The first-order valence-corrected chi connectivity index (χ1v) is 7.29. The Bertz CT molecular complexity index is 548. The van der Waals surface area contributed by atoms with Crippen molar-refractivity contribution >= 4 is 5.91 Å². The van der Waals surface area contributed by atoms with Gasteiger partial charge >= 0.3 is 0 Å². The highest BCUT2D eigenvalue weighted by atomic mass is 16.2. The maximum atomic E-state index is 11.7. The largest absolute Gasteiger partial charge is 0.355 e. The smallest absolute Gasteiger partial charge is 0.236 e. The summed E-state index contributed by atoms with van der Waals surface area (Å²) >= 11 is 0. The number of carbonyl (C=O) groups is 1. The summed E-state index contributed by atoms with van der Waals surface area (Å²) in [7, 11) is 0. The lowest BCUT2D eigenvalue weighted by Crippen LogP contribution is -2.42. The topological polar surface area (TPSA) is 59.0 Å². The Morgan fingerprint density at radius 3 is 2.71 bits per heavy atom. The van der Waals surface area contributed by atoms with Gasteiger partial charge in [0.2, 0.25) is 5.91 Å². The number of carbonyl (C=O) groups excluding carboxylic acids is 1. The minimum absolute atomic E-state index is 0.0480. The van der Waals surface area contributed by atoms with E-state index in [1.165, 1.54) is 0 Å². The summed E-state index contributed by atoms with van der Waals surface area (Å²) < 4.78 is 1.96. The number of nitrogens with zero attached hydrogens (tertiary/aromatic N) is 2. The summed E-state index contributed by atoms with van der Waals surface area (Å²) in [4.78, 5) is 15.8. The van der Waals surface area contributed by atoms with Crippen molar-refractivity contribution in [1.82, 2.24) is 20.2 Å². The maximum Gasteiger partial charge on any atom is 0.236 e. The fourth-order valence-corrected chi connectivity index (χ4v) is 1.96. The molecular weight excluding hydrogens is 264 g/mol. The van der Waals surface area contributed by atoms with Crippen LogP contribution in [0.2, 0.25) is 0 Å². The number of aromatic nitrogens is 2. The molecule has 0 aliphatic carbocycles. The van der Waals surface area contributed by atoms with Crippen molar-refractivity contribution in [3.8, 4) is 5.69 Å². The number of benzene rings is 1. The van der Waals surface area contributed by atoms with Gasteiger partial charge in [0, 0.05) is 31.2 Å². The highest BCUT2D eigenvalue weighted by Crippen LogP contribution is 2.09. The first-order valence-electron chi connectivity index (χ1n) is 7.29. The van der Waals surface area contributed by atoms with Gasteiger partial charge in [-0.25, -0.2) is 4.98 Å². The molecule has 112 valence electrons. The molecule has 5 nitrogen and oxygen atoms in total. The third-order valence-corrected chi connectivity index (χ3v) is 3.29. The Balaban J connectivity index is 1.85. The van der Waals surface area contributed by atoms with E-state index in [-0.39, 0.29) is 11.9 Å². The monoisotopic (exact) mass is 286 g/mol. The lowest BCUT2D eigenvalue weighted by molar-refractivity contribution is -0.122. The van der Waals surface area contributed by atoms with E-state index in [0.717, 1.165) is 24.2 Å². The molecular formula is C16H22N4O. The van der Waals surface area contributed by atoms with Gasteiger partial charge in [-0.2, -0.15) is 0 Å². The summed E-state index contributed by atoms with van der Waals surface area (Å²) in [6.07, 6.45) is 6.39. The van der Waals surface area contributed by atoms with Crippen LogP contribution in [-0.4, -0.2) is 28.0 Å². The molecule has 1 atom stereocenters. The first kappa shape index (κ1) is 15.3. The van der Waals surface area contributed by atoms with Gasteiger partial charge in [-0.05, 0) is 31.0 Å². The van der Waals surface area contributed by atoms with Gasteiger partial charge in [0.25, 0.3) is 0 Å². The Morgan fingerprint density at radius 1 is 1.33 bits per heavy atom. The van der Waals surface area contributed by atoms with Crippen molar-refractivity contribution < 1.29 is 4.79 Å². The zero-order chi connectivity index (χ0) is 15.1. The van der Waals surface area contributed by atoms with Crippen LogP contribution in [0, 0.1) is 0 Å². The van der Waals surface area contributed by atoms with Crippen LogP contribution in [0.15, 0.2) is 43.0 Å². The van der Waals surface area contributed by atoms with E-state index in [0.29, 0.717) is 6.54 Å². The molecule has 0 fully saturated rings. The van der Waals surface area contributed by atoms with Crippen LogP contribution in [0.3, 0.4) is 0 Å². The molecule has 2 N–H and O–H groups in total. The Hall–Kier alpha value is -2.14. The van der Waals surface area contributed by atoms with Gasteiger partial charge in [-0.1, -0.05) is 19.1 Å². The van der Waals surface area contributed by atoms with Crippen LogP contribution < -0.4 is 10.6 Å². The Morgan fingerprint density at radius 2 is 2.10 bits per heavy atom. The van der Waals surface area contributed by atoms with Crippen LogP contribution in [-0.2, 0) is 11.3 Å². The van der Waals surface area contributed by atoms with Crippen LogP contribution in [0.5, 0.6) is 0 Å². The second-order valence-electron chi connectivity index (χ2n) is 5.03. The molecule has 1 heterocycles. The Kier molecular flexibility index (Phi) is 5.51. The van der Waals surface area contributed by atoms with E-state index in [9.17, 15) is 4.79 Å². The maximum absolute atomic E-state index is 11.7.